The molecule has 0 spiro atoms. The van der Waals surface area contributed by atoms with Crippen molar-refractivity contribution in [1.82, 2.24) is 15.1 Å². The van der Waals surface area contributed by atoms with Crippen LogP contribution in [-0.2, 0) is 20.0 Å². The molecule has 3 rings (SSSR count). The molecule has 0 saturated carbocycles. The number of aromatic nitrogens is 2. The molecule has 0 atom stereocenters. The maximum absolute atomic E-state index is 5.19. The Morgan fingerprint density at radius 3 is 2.78 bits per heavy atom. The van der Waals surface area contributed by atoms with Gasteiger partial charge in [-0.1, -0.05) is 0 Å². The number of methoxy groups -OCH3 is 1. The molecule has 1 aromatic heterocycles. The van der Waals surface area contributed by atoms with Gasteiger partial charge in [0.1, 0.15) is 5.75 Å². The molecule has 2 aromatic rings. The SMILES string of the molecule is COc1ccc(-c2c3c(nn2C)CCNC3)cc1. The fourth-order valence-electron chi connectivity index (χ4n) is 2.54. The smallest absolute Gasteiger partial charge is 0.118 e. The average Bonchev–Trinajstić information content (AvgIpc) is 2.75. The third-order valence-electron chi connectivity index (χ3n) is 3.43. The summed E-state index contributed by atoms with van der Waals surface area (Å²) in [6.45, 7) is 1.93. The van der Waals surface area contributed by atoms with E-state index >= 15 is 0 Å². The predicted molar refractivity (Wildman–Crippen MR) is 70.6 cm³/mol. The van der Waals surface area contributed by atoms with Crippen LogP contribution in [0.5, 0.6) is 5.75 Å². The number of hydrogen-bond acceptors (Lipinski definition) is 3. The average molecular weight is 243 g/mol. The van der Waals surface area contributed by atoms with Gasteiger partial charge in [0.15, 0.2) is 0 Å². The molecule has 0 fully saturated rings. The molecule has 0 radical (unpaired) electrons. The zero-order valence-electron chi connectivity index (χ0n) is 10.7. The summed E-state index contributed by atoms with van der Waals surface area (Å²) in [6, 6.07) is 8.16. The molecule has 4 heteroatoms. The lowest BCUT2D eigenvalue weighted by Gasteiger charge is -2.13. The van der Waals surface area contributed by atoms with Gasteiger partial charge in [-0.05, 0) is 24.3 Å². The molecule has 1 aliphatic rings. The lowest BCUT2D eigenvalue weighted by atomic mass is 10.0. The molecule has 1 N–H and O–H groups in total. The summed E-state index contributed by atoms with van der Waals surface area (Å²) in [4.78, 5) is 0. The van der Waals surface area contributed by atoms with Gasteiger partial charge >= 0.3 is 0 Å². The highest BCUT2D eigenvalue weighted by molar-refractivity contribution is 5.65. The Bertz CT molecular complexity index is 557. The van der Waals surface area contributed by atoms with Crippen molar-refractivity contribution in [3.63, 3.8) is 0 Å². The first kappa shape index (κ1) is 11.3. The van der Waals surface area contributed by atoms with E-state index in [0.29, 0.717) is 0 Å². The van der Waals surface area contributed by atoms with Crippen LogP contribution >= 0.6 is 0 Å². The standard InChI is InChI=1S/C14H17N3O/c1-17-14(10-3-5-11(18-2)6-4-10)12-9-15-8-7-13(12)16-17/h3-6,15H,7-9H2,1-2H3. The minimum Gasteiger partial charge on any atom is -0.497 e. The van der Waals surface area contributed by atoms with Gasteiger partial charge in [0.05, 0.1) is 18.5 Å². The highest BCUT2D eigenvalue weighted by atomic mass is 16.5. The van der Waals surface area contributed by atoms with Crippen LogP contribution < -0.4 is 10.1 Å². The molecule has 1 aromatic carbocycles. The molecule has 0 bridgehead atoms. The molecule has 4 nitrogen and oxygen atoms in total. The molecular weight excluding hydrogens is 226 g/mol. The van der Waals surface area contributed by atoms with Crippen LogP contribution in [0.1, 0.15) is 11.3 Å². The zero-order valence-corrected chi connectivity index (χ0v) is 10.7. The van der Waals surface area contributed by atoms with Crippen LogP contribution in [0.25, 0.3) is 11.3 Å². The minimum absolute atomic E-state index is 0.882. The molecule has 0 aliphatic carbocycles. The number of ether oxygens (including phenoxy) is 1. The summed E-state index contributed by atoms with van der Waals surface area (Å²) in [7, 11) is 3.70. The predicted octanol–water partition coefficient (Wildman–Crippen LogP) is 1.74. The Kier molecular flexibility index (Phi) is 2.80. The van der Waals surface area contributed by atoms with E-state index < -0.39 is 0 Å². The molecule has 0 unspecified atom stereocenters. The Morgan fingerprint density at radius 1 is 1.28 bits per heavy atom. The van der Waals surface area contributed by atoms with Gasteiger partial charge in [-0.25, -0.2) is 0 Å². The van der Waals surface area contributed by atoms with E-state index in [4.69, 9.17) is 4.74 Å². The second-order valence-electron chi connectivity index (χ2n) is 4.55. The first-order chi connectivity index (χ1) is 8.79. The number of rotatable bonds is 2. The summed E-state index contributed by atoms with van der Waals surface area (Å²) < 4.78 is 7.18. The molecule has 1 aliphatic heterocycles. The van der Waals surface area contributed by atoms with Crippen molar-refractivity contribution < 1.29 is 4.74 Å². The van der Waals surface area contributed by atoms with Gasteiger partial charge in [0, 0.05) is 37.7 Å². The van der Waals surface area contributed by atoms with Crippen molar-refractivity contribution in [1.29, 1.82) is 0 Å². The number of benzene rings is 1. The van der Waals surface area contributed by atoms with Crippen LogP contribution in [0.2, 0.25) is 0 Å². The maximum atomic E-state index is 5.19. The molecule has 2 heterocycles. The van der Waals surface area contributed by atoms with Gasteiger partial charge in [-0.2, -0.15) is 5.10 Å². The Hall–Kier alpha value is -1.81. The summed E-state index contributed by atoms with van der Waals surface area (Å²) in [6.07, 6.45) is 1.01. The summed E-state index contributed by atoms with van der Waals surface area (Å²) >= 11 is 0. The Balaban J connectivity index is 2.07. The van der Waals surface area contributed by atoms with E-state index in [0.717, 1.165) is 25.3 Å². The van der Waals surface area contributed by atoms with E-state index in [9.17, 15) is 0 Å². The van der Waals surface area contributed by atoms with E-state index in [1.54, 1.807) is 7.11 Å². The molecular formula is C14H17N3O. The van der Waals surface area contributed by atoms with Crippen molar-refractivity contribution in [3.8, 4) is 17.0 Å². The van der Waals surface area contributed by atoms with Crippen LogP contribution in [0.3, 0.4) is 0 Å². The molecule has 0 amide bonds. The van der Waals surface area contributed by atoms with Gasteiger partial charge in [-0.3, -0.25) is 4.68 Å². The number of hydrogen-bond donors (Lipinski definition) is 1. The minimum atomic E-state index is 0.882. The monoisotopic (exact) mass is 243 g/mol. The molecule has 0 saturated heterocycles. The van der Waals surface area contributed by atoms with Gasteiger partial charge in [0.2, 0.25) is 0 Å². The lowest BCUT2D eigenvalue weighted by molar-refractivity contribution is 0.415. The number of aryl methyl sites for hydroxylation is 1. The van der Waals surface area contributed by atoms with Crippen LogP contribution in [0.15, 0.2) is 24.3 Å². The van der Waals surface area contributed by atoms with Crippen LogP contribution in [0, 0.1) is 0 Å². The van der Waals surface area contributed by atoms with Crippen LogP contribution in [-0.4, -0.2) is 23.4 Å². The van der Waals surface area contributed by atoms with Crippen molar-refractivity contribution in [2.45, 2.75) is 13.0 Å². The quantitative estimate of drug-likeness (QED) is 0.873. The van der Waals surface area contributed by atoms with Gasteiger partial charge in [0.25, 0.3) is 0 Å². The van der Waals surface area contributed by atoms with Crippen LogP contribution in [0.4, 0.5) is 0 Å². The zero-order chi connectivity index (χ0) is 12.5. The highest BCUT2D eigenvalue weighted by Crippen LogP contribution is 2.28. The van der Waals surface area contributed by atoms with E-state index in [2.05, 4.69) is 22.5 Å². The number of nitrogens with zero attached hydrogens (tertiary/aromatic N) is 2. The summed E-state index contributed by atoms with van der Waals surface area (Å²) in [5.41, 5.74) is 4.95. The lowest BCUT2D eigenvalue weighted by Crippen LogP contribution is -2.23. The largest absolute Gasteiger partial charge is 0.497 e. The Labute approximate surface area is 107 Å². The van der Waals surface area contributed by atoms with E-state index in [1.165, 1.54) is 22.5 Å². The van der Waals surface area contributed by atoms with E-state index in [-0.39, 0.29) is 0 Å². The summed E-state index contributed by atoms with van der Waals surface area (Å²) in [5.74, 6) is 0.882. The first-order valence-corrected chi connectivity index (χ1v) is 6.19. The van der Waals surface area contributed by atoms with Crippen molar-refractivity contribution in [2.75, 3.05) is 13.7 Å². The molecule has 18 heavy (non-hydrogen) atoms. The van der Waals surface area contributed by atoms with Gasteiger partial charge < -0.3 is 10.1 Å². The maximum Gasteiger partial charge on any atom is 0.118 e. The van der Waals surface area contributed by atoms with Crippen molar-refractivity contribution >= 4 is 0 Å². The normalized spacial score (nSPS) is 14.3. The third kappa shape index (κ3) is 1.78. The fourth-order valence-corrected chi connectivity index (χ4v) is 2.54. The third-order valence-corrected chi connectivity index (χ3v) is 3.43. The first-order valence-electron chi connectivity index (χ1n) is 6.19. The topological polar surface area (TPSA) is 39.1 Å². The second kappa shape index (κ2) is 4.46. The van der Waals surface area contributed by atoms with E-state index in [1.807, 2.05) is 23.9 Å². The number of fused-ring (bicyclic) bond motifs is 1. The second-order valence-corrected chi connectivity index (χ2v) is 4.55. The Morgan fingerprint density at radius 2 is 2.06 bits per heavy atom. The fraction of sp³-hybridized carbons (Fsp3) is 0.357. The molecule has 94 valence electrons. The van der Waals surface area contributed by atoms with Gasteiger partial charge in [-0.15, -0.1) is 0 Å². The summed E-state index contributed by atoms with van der Waals surface area (Å²) in [5, 5.41) is 8.02. The van der Waals surface area contributed by atoms with Crippen molar-refractivity contribution in [2.24, 2.45) is 7.05 Å². The van der Waals surface area contributed by atoms with Crippen molar-refractivity contribution in [3.05, 3.63) is 35.5 Å². The number of nitrogens with one attached hydrogen (secondary N) is 1. The highest BCUT2D eigenvalue weighted by Gasteiger charge is 2.19.